The van der Waals surface area contributed by atoms with E-state index in [-0.39, 0.29) is 17.0 Å². The molecule has 0 aromatic heterocycles. The van der Waals surface area contributed by atoms with E-state index in [4.69, 9.17) is 0 Å². The lowest BCUT2D eigenvalue weighted by atomic mass is 10.0. The molecule has 2 N–H and O–H groups in total. The molecule has 0 bridgehead atoms. The Bertz CT molecular complexity index is 951. The van der Waals surface area contributed by atoms with Gasteiger partial charge in [0.1, 0.15) is 5.82 Å². The van der Waals surface area contributed by atoms with E-state index in [1.54, 1.807) is 19.1 Å². The zero-order valence-corrected chi connectivity index (χ0v) is 17.2. The molecule has 1 aliphatic heterocycles. The van der Waals surface area contributed by atoms with Crippen molar-refractivity contribution in [2.24, 2.45) is 0 Å². The number of aryl methyl sites for hydroxylation is 1. The molecular formula is C21H26FN3O3S. The SMILES string of the molecule is Cc1cc(S(=O)(=O)N2CCCC[C@@H]2CCNC(=O)Nc2ccccc2)ccc1F. The first-order valence-corrected chi connectivity index (χ1v) is 11.2. The van der Waals surface area contributed by atoms with Crippen LogP contribution < -0.4 is 10.6 Å². The summed E-state index contributed by atoms with van der Waals surface area (Å²) < 4.78 is 41.3. The average Bonchev–Trinajstić information content (AvgIpc) is 2.71. The van der Waals surface area contributed by atoms with Crippen LogP contribution in [0.5, 0.6) is 0 Å². The van der Waals surface area contributed by atoms with Gasteiger partial charge in [-0.3, -0.25) is 0 Å². The molecule has 1 fully saturated rings. The number of rotatable bonds is 6. The summed E-state index contributed by atoms with van der Waals surface area (Å²) in [6.07, 6.45) is 2.98. The van der Waals surface area contributed by atoms with E-state index in [0.29, 0.717) is 30.8 Å². The number of urea groups is 1. The number of nitrogens with zero attached hydrogens (tertiary/aromatic N) is 1. The highest BCUT2D eigenvalue weighted by molar-refractivity contribution is 7.89. The Hall–Kier alpha value is -2.45. The predicted molar refractivity (Wildman–Crippen MR) is 111 cm³/mol. The molecule has 0 spiro atoms. The van der Waals surface area contributed by atoms with Crippen LogP contribution in [0.2, 0.25) is 0 Å². The number of carbonyl (C=O) groups excluding carboxylic acids is 1. The number of anilines is 1. The van der Waals surface area contributed by atoms with E-state index in [1.807, 2.05) is 18.2 Å². The van der Waals surface area contributed by atoms with Gasteiger partial charge in [-0.15, -0.1) is 0 Å². The Morgan fingerprint density at radius 3 is 2.66 bits per heavy atom. The molecule has 0 saturated carbocycles. The minimum absolute atomic E-state index is 0.109. The minimum Gasteiger partial charge on any atom is -0.338 e. The maximum Gasteiger partial charge on any atom is 0.319 e. The summed E-state index contributed by atoms with van der Waals surface area (Å²) >= 11 is 0. The molecule has 2 aromatic carbocycles. The van der Waals surface area contributed by atoms with E-state index < -0.39 is 15.8 Å². The van der Waals surface area contributed by atoms with E-state index in [2.05, 4.69) is 10.6 Å². The van der Waals surface area contributed by atoms with Crippen LogP contribution in [0.4, 0.5) is 14.9 Å². The van der Waals surface area contributed by atoms with Gasteiger partial charge < -0.3 is 10.6 Å². The predicted octanol–water partition coefficient (Wildman–Crippen LogP) is 3.89. The van der Waals surface area contributed by atoms with Crippen molar-refractivity contribution < 1.29 is 17.6 Å². The molecule has 1 aliphatic rings. The van der Waals surface area contributed by atoms with Crippen LogP contribution in [-0.2, 0) is 10.0 Å². The lowest BCUT2D eigenvalue weighted by Gasteiger charge is -2.34. The molecule has 0 aliphatic carbocycles. The molecule has 0 unspecified atom stereocenters. The number of sulfonamides is 1. The molecule has 0 radical (unpaired) electrons. The van der Waals surface area contributed by atoms with Crippen LogP contribution in [-0.4, -0.2) is 37.9 Å². The third-order valence-corrected chi connectivity index (χ3v) is 7.05. The lowest BCUT2D eigenvalue weighted by Crippen LogP contribution is -2.45. The summed E-state index contributed by atoms with van der Waals surface area (Å²) in [6, 6.07) is 12.5. The lowest BCUT2D eigenvalue weighted by molar-refractivity contribution is 0.234. The van der Waals surface area contributed by atoms with Gasteiger partial charge in [0.15, 0.2) is 0 Å². The van der Waals surface area contributed by atoms with Crippen molar-refractivity contribution in [2.45, 2.75) is 43.5 Å². The number of hydrogen-bond acceptors (Lipinski definition) is 3. The fraction of sp³-hybridized carbons (Fsp3) is 0.381. The van der Waals surface area contributed by atoms with Crippen molar-refractivity contribution >= 4 is 21.7 Å². The number of halogens is 1. The summed E-state index contributed by atoms with van der Waals surface area (Å²) in [5, 5.41) is 5.53. The molecule has 6 nitrogen and oxygen atoms in total. The normalized spacial score (nSPS) is 17.7. The fourth-order valence-electron chi connectivity index (χ4n) is 3.54. The first kappa shape index (κ1) is 21.3. The van der Waals surface area contributed by atoms with E-state index >= 15 is 0 Å². The van der Waals surface area contributed by atoms with Crippen LogP contribution in [0.1, 0.15) is 31.2 Å². The van der Waals surface area contributed by atoms with Gasteiger partial charge in [0.2, 0.25) is 10.0 Å². The maximum atomic E-state index is 13.5. The monoisotopic (exact) mass is 419 g/mol. The highest BCUT2D eigenvalue weighted by Gasteiger charge is 2.33. The van der Waals surface area contributed by atoms with Crippen molar-refractivity contribution in [3.63, 3.8) is 0 Å². The number of nitrogens with one attached hydrogen (secondary N) is 2. The number of para-hydroxylation sites is 1. The minimum atomic E-state index is -3.71. The van der Waals surface area contributed by atoms with Crippen molar-refractivity contribution in [1.82, 2.24) is 9.62 Å². The van der Waals surface area contributed by atoms with Crippen molar-refractivity contribution in [3.05, 3.63) is 59.9 Å². The van der Waals surface area contributed by atoms with E-state index in [0.717, 1.165) is 19.3 Å². The molecule has 1 heterocycles. The first-order valence-electron chi connectivity index (χ1n) is 9.76. The molecule has 1 saturated heterocycles. The fourth-order valence-corrected chi connectivity index (χ4v) is 5.35. The second-order valence-electron chi connectivity index (χ2n) is 7.21. The van der Waals surface area contributed by atoms with Gasteiger partial charge in [-0.1, -0.05) is 24.6 Å². The largest absolute Gasteiger partial charge is 0.338 e. The Labute approximate surface area is 171 Å². The van der Waals surface area contributed by atoms with Gasteiger partial charge >= 0.3 is 6.03 Å². The molecule has 2 aromatic rings. The molecular weight excluding hydrogens is 393 g/mol. The van der Waals surface area contributed by atoms with Crippen molar-refractivity contribution in [1.29, 1.82) is 0 Å². The molecule has 8 heteroatoms. The smallest absolute Gasteiger partial charge is 0.319 e. The van der Waals surface area contributed by atoms with Gasteiger partial charge in [0, 0.05) is 24.8 Å². The Morgan fingerprint density at radius 1 is 1.17 bits per heavy atom. The van der Waals surface area contributed by atoms with E-state index in [9.17, 15) is 17.6 Å². The summed E-state index contributed by atoms with van der Waals surface area (Å²) in [7, 11) is -3.71. The Balaban J connectivity index is 1.62. The highest BCUT2D eigenvalue weighted by Crippen LogP contribution is 2.27. The van der Waals surface area contributed by atoms with Crippen LogP contribution >= 0.6 is 0 Å². The highest BCUT2D eigenvalue weighted by atomic mass is 32.2. The summed E-state index contributed by atoms with van der Waals surface area (Å²) in [5.74, 6) is -0.423. The Morgan fingerprint density at radius 2 is 1.93 bits per heavy atom. The van der Waals surface area contributed by atoms with E-state index in [1.165, 1.54) is 22.5 Å². The summed E-state index contributed by atoms with van der Waals surface area (Å²) in [5.41, 5.74) is 0.998. The standard InChI is InChI=1S/C21H26FN3O3S/c1-16-15-19(10-11-20(16)22)29(27,28)25-14-6-5-9-18(25)12-13-23-21(26)24-17-7-3-2-4-8-17/h2-4,7-8,10-11,15,18H,5-6,9,12-14H2,1H3,(H2,23,24,26)/t18-/m1/s1. The van der Waals surface area contributed by atoms with Crippen molar-refractivity contribution in [2.75, 3.05) is 18.4 Å². The van der Waals surface area contributed by atoms with Gasteiger partial charge in [0.25, 0.3) is 0 Å². The maximum absolute atomic E-state index is 13.5. The van der Waals surface area contributed by atoms with Gasteiger partial charge in [-0.2, -0.15) is 4.31 Å². The first-order chi connectivity index (χ1) is 13.9. The van der Waals surface area contributed by atoms with Gasteiger partial charge in [-0.05, 0) is 62.1 Å². The number of hydrogen-bond donors (Lipinski definition) is 2. The Kier molecular flexibility index (Phi) is 6.87. The zero-order chi connectivity index (χ0) is 20.9. The number of amides is 2. The van der Waals surface area contributed by atoms with Crippen molar-refractivity contribution in [3.8, 4) is 0 Å². The molecule has 1 atom stereocenters. The number of carbonyl (C=O) groups is 1. The number of benzene rings is 2. The van der Waals surface area contributed by atoms with Crippen LogP contribution in [0.15, 0.2) is 53.4 Å². The van der Waals surface area contributed by atoms with Crippen LogP contribution in [0, 0.1) is 12.7 Å². The third kappa shape index (κ3) is 5.33. The summed E-state index contributed by atoms with van der Waals surface area (Å²) in [4.78, 5) is 12.1. The molecule has 2 amide bonds. The van der Waals surface area contributed by atoms with Gasteiger partial charge in [-0.25, -0.2) is 17.6 Å². The number of piperidine rings is 1. The second-order valence-corrected chi connectivity index (χ2v) is 9.10. The quantitative estimate of drug-likeness (QED) is 0.746. The topological polar surface area (TPSA) is 78.5 Å². The second kappa shape index (κ2) is 9.37. The van der Waals surface area contributed by atoms with Gasteiger partial charge in [0.05, 0.1) is 4.90 Å². The van der Waals surface area contributed by atoms with Crippen LogP contribution in [0.25, 0.3) is 0 Å². The molecule has 3 rings (SSSR count). The average molecular weight is 420 g/mol. The summed E-state index contributed by atoms with van der Waals surface area (Å²) in [6.45, 7) is 2.34. The zero-order valence-electron chi connectivity index (χ0n) is 16.4. The van der Waals surface area contributed by atoms with Crippen LogP contribution in [0.3, 0.4) is 0 Å². The molecule has 156 valence electrons. The third-order valence-electron chi connectivity index (χ3n) is 5.10. The molecule has 29 heavy (non-hydrogen) atoms.